The third-order valence-electron chi connectivity index (χ3n) is 3.45. The number of benzene rings is 1. The first-order chi connectivity index (χ1) is 11.3. The van der Waals surface area contributed by atoms with Gasteiger partial charge >= 0.3 is 5.97 Å². The number of carbonyl (C=O) groups is 3. The van der Waals surface area contributed by atoms with E-state index < -0.39 is 17.9 Å². The molecule has 132 valence electrons. The van der Waals surface area contributed by atoms with Gasteiger partial charge in [0.15, 0.2) is 0 Å². The average molecular weight is 338 g/mol. The molecule has 0 heterocycles. The van der Waals surface area contributed by atoms with E-state index in [9.17, 15) is 19.5 Å². The maximum atomic E-state index is 12.8. The van der Waals surface area contributed by atoms with Crippen LogP contribution in [-0.2, 0) is 9.59 Å². The zero-order valence-electron chi connectivity index (χ0n) is 14.2. The largest absolute Gasteiger partial charge is 0.497 e. The third-order valence-corrected chi connectivity index (χ3v) is 3.45. The van der Waals surface area contributed by atoms with Gasteiger partial charge in [-0.2, -0.15) is 0 Å². The lowest BCUT2D eigenvalue weighted by molar-refractivity contribution is -0.141. The highest BCUT2D eigenvalue weighted by molar-refractivity contribution is 5.99. The number of methoxy groups -OCH3 is 2. The van der Waals surface area contributed by atoms with Crippen molar-refractivity contribution in [2.45, 2.75) is 19.9 Å². The molecular formula is C16H22N2O6. The summed E-state index contributed by atoms with van der Waals surface area (Å²) < 4.78 is 10.3. The maximum absolute atomic E-state index is 12.8. The number of nitrogens with one attached hydrogen (secondary N) is 1. The normalized spacial score (nSPS) is 11.3. The standard InChI is InChI=1S/C16H22N2O6/c1-10(16(21)22)18(8-7-17-11(2)19)15(20)13-9-12(23-3)5-6-14(13)24-4/h5-6,9-10H,7-8H2,1-4H3,(H,17,19)(H,21,22). The maximum Gasteiger partial charge on any atom is 0.326 e. The van der Waals surface area contributed by atoms with Gasteiger partial charge in [0.05, 0.1) is 19.8 Å². The van der Waals surface area contributed by atoms with Crippen LogP contribution in [0, 0.1) is 0 Å². The molecule has 2 N–H and O–H groups in total. The number of hydrogen-bond donors (Lipinski definition) is 2. The number of rotatable bonds is 8. The van der Waals surface area contributed by atoms with Crippen molar-refractivity contribution in [2.24, 2.45) is 0 Å². The first kappa shape index (κ1) is 19.3. The molecule has 1 aromatic rings. The Morgan fingerprint density at radius 3 is 2.42 bits per heavy atom. The van der Waals surface area contributed by atoms with E-state index in [4.69, 9.17) is 9.47 Å². The van der Waals surface area contributed by atoms with Crippen LogP contribution in [0.25, 0.3) is 0 Å². The summed E-state index contributed by atoms with van der Waals surface area (Å²) >= 11 is 0. The van der Waals surface area contributed by atoms with E-state index in [0.29, 0.717) is 11.5 Å². The van der Waals surface area contributed by atoms with Gasteiger partial charge in [-0.15, -0.1) is 0 Å². The van der Waals surface area contributed by atoms with E-state index in [1.165, 1.54) is 34.1 Å². The topological polar surface area (TPSA) is 105 Å². The quantitative estimate of drug-likeness (QED) is 0.725. The number of carboxylic acid groups (broad SMARTS) is 1. The van der Waals surface area contributed by atoms with Crippen molar-refractivity contribution in [3.05, 3.63) is 23.8 Å². The van der Waals surface area contributed by atoms with Crippen LogP contribution in [0.15, 0.2) is 18.2 Å². The number of aliphatic carboxylic acids is 1. The molecule has 0 aliphatic rings. The van der Waals surface area contributed by atoms with Gasteiger partial charge in [-0.25, -0.2) is 4.79 Å². The van der Waals surface area contributed by atoms with Crippen molar-refractivity contribution in [1.29, 1.82) is 0 Å². The Bertz CT molecular complexity index is 617. The number of carbonyl (C=O) groups excluding carboxylic acids is 2. The van der Waals surface area contributed by atoms with Gasteiger partial charge in [-0.1, -0.05) is 0 Å². The summed E-state index contributed by atoms with van der Waals surface area (Å²) in [7, 11) is 2.88. The van der Waals surface area contributed by atoms with Gasteiger partial charge < -0.3 is 24.8 Å². The SMILES string of the molecule is COc1ccc(OC)c(C(=O)N(CCNC(C)=O)C(C)C(=O)O)c1. The van der Waals surface area contributed by atoms with Crippen molar-refractivity contribution >= 4 is 17.8 Å². The summed E-state index contributed by atoms with van der Waals surface area (Å²) in [5.41, 5.74) is 0.188. The van der Waals surface area contributed by atoms with Crippen LogP contribution in [0.3, 0.4) is 0 Å². The van der Waals surface area contributed by atoms with E-state index in [1.54, 1.807) is 12.1 Å². The van der Waals surface area contributed by atoms with Crippen molar-refractivity contribution in [3.8, 4) is 11.5 Å². The van der Waals surface area contributed by atoms with Crippen molar-refractivity contribution < 1.29 is 29.0 Å². The second-order valence-corrected chi connectivity index (χ2v) is 5.06. The molecule has 0 radical (unpaired) electrons. The van der Waals surface area contributed by atoms with Crippen molar-refractivity contribution in [3.63, 3.8) is 0 Å². The lowest BCUT2D eigenvalue weighted by atomic mass is 10.1. The van der Waals surface area contributed by atoms with Crippen LogP contribution in [0.5, 0.6) is 11.5 Å². The fourth-order valence-corrected chi connectivity index (χ4v) is 2.09. The fourth-order valence-electron chi connectivity index (χ4n) is 2.09. The Morgan fingerprint density at radius 1 is 1.25 bits per heavy atom. The van der Waals surface area contributed by atoms with Crippen LogP contribution in [-0.4, -0.2) is 61.1 Å². The van der Waals surface area contributed by atoms with Crippen molar-refractivity contribution in [2.75, 3.05) is 27.3 Å². The van der Waals surface area contributed by atoms with E-state index >= 15 is 0 Å². The molecule has 0 fully saturated rings. The Balaban J connectivity index is 3.14. The van der Waals surface area contributed by atoms with Gasteiger partial charge in [0.1, 0.15) is 17.5 Å². The molecule has 24 heavy (non-hydrogen) atoms. The smallest absolute Gasteiger partial charge is 0.326 e. The van der Waals surface area contributed by atoms with Crippen LogP contribution in [0.4, 0.5) is 0 Å². The minimum Gasteiger partial charge on any atom is -0.497 e. The van der Waals surface area contributed by atoms with Gasteiger partial charge in [-0.3, -0.25) is 9.59 Å². The highest BCUT2D eigenvalue weighted by Crippen LogP contribution is 2.25. The third kappa shape index (κ3) is 4.87. The minimum absolute atomic E-state index is 0.0479. The predicted molar refractivity (Wildman–Crippen MR) is 86.4 cm³/mol. The Hall–Kier alpha value is -2.77. The summed E-state index contributed by atoms with van der Waals surface area (Å²) in [5, 5.41) is 11.8. The summed E-state index contributed by atoms with van der Waals surface area (Å²) in [4.78, 5) is 36.3. The Kier molecular flexibility index (Phi) is 7.03. The van der Waals surface area contributed by atoms with Crippen LogP contribution in [0.2, 0.25) is 0 Å². The molecular weight excluding hydrogens is 316 g/mol. The molecule has 0 spiro atoms. The number of nitrogens with zero attached hydrogens (tertiary/aromatic N) is 1. The molecule has 0 saturated carbocycles. The Labute approximate surface area is 140 Å². The molecule has 1 rings (SSSR count). The molecule has 1 unspecified atom stereocenters. The molecule has 1 aromatic carbocycles. The molecule has 0 bridgehead atoms. The first-order valence-electron chi connectivity index (χ1n) is 7.32. The molecule has 1 atom stereocenters. The van der Waals surface area contributed by atoms with Crippen molar-refractivity contribution in [1.82, 2.24) is 10.2 Å². The number of ether oxygens (including phenoxy) is 2. The molecule has 0 aromatic heterocycles. The van der Waals surface area contributed by atoms with E-state index in [2.05, 4.69) is 5.32 Å². The van der Waals surface area contributed by atoms with E-state index in [0.717, 1.165) is 4.90 Å². The molecule has 8 heteroatoms. The Morgan fingerprint density at radius 2 is 1.92 bits per heavy atom. The summed E-state index contributed by atoms with van der Waals surface area (Å²) in [6, 6.07) is 3.63. The van der Waals surface area contributed by atoms with Gasteiger partial charge in [0.25, 0.3) is 5.91 Å². The van der Waals surface area contributed by atoms with Gasteiger partial charge in [0, 0.05) is 20.0 Å². The summed E-state index contributed by atoms with van der Waals surface area (Å²) in [6.45, 7) is 2.94. The first-order valence-corrected chi connectivity index (χ1v) is 7.32. The van der Waals surface area contributed by atoms with Gasteiger partial charge in [-0.05, 0) is 25.1 Å². The predicted octanol–water partition coefficient (Wildman–Crippen LogP) is 0.755. The fraction of sp³-hybridized carbons (Fsp3) is 0.438. The average Bonchev–Trinajstić information content (AvgIpc) is 2.56. The summed E-state index contributed by atoms with van der Waals surface area (Å²) in [6.07, 6.45) is 0. The second kappa shape index (κ2) is 8.76. The lowest BCUT2D eigenvalue weighted by Gasteiger charge is -2.27. The molecule has 0 aliphatic carbocycles. The zero-order valence-corrected chi connectivity index (χ0v) is 14.2. The lowest BCUT2D eigenvalue weighted by Crippen LogP contribution is -2.46. The monoisotopic (exact) mass is 338 g/mol. The van der Waals surface area contributed by atoms with E-state index in [1.807, 2.05) is 0 Å². The number of hydrogen-bond acceptors (Lipinski definition) is 5. The number of carboxylic acids is 1. The second-order valence-electron chi connectivity index (χ2n) is 5.06. The highest BCUT2D eigenvalue weighted by Gasteiger charge is 2.28. The summed E-state index contributed by atoms with van der Waals surface area (Å²) in [5.74, 6) is -1.17. The number of amides is 2. The molecule has 8 nitrogen and oxygen atoms in total. The van der Waals surface area contributed by atoms with Gasteiger partial charge in [0.2, 0.25) is 5.91 Å². The zero-order chi connectivity index (χ0) is 18.3. The molecule has 0 saturated heterocycles. The van der Waals surface area contributed by atoms with Crippen LogP contribution >= 0.6 is 0 Å². The van der Waals surface area contributed by atoms with E-state index in [-0.39, 0.29) is 24.6 Å². The van der Waals surface area contributed by atoms with Crippen LogP contribution in [0.1, 0.15) is 24.2 Å². The molecule has 2 amide bonds. The minimum atomic E-state index is -1.15. The van der Waals surface area contributed by atoms with Crippen LogP contribution < -0.4 is 14.8 Å². The molecule has 0 aliphatic heterocycles. The highest BCUT2D eigenvalue weighted by atomic mass is 16.5.